The van der Waals surface area contributed by atoms with Crippen molar-refractivity contribution in [1.82, 2.24) is 8.28 Å². The van der Waals surface area contributed by atoms with Crippen LogP contribution >= 0.6 is 0 Å². The molecule has 0 amide bonds. The minimum Gasteiger partial charge on any atom is -0.287 e. The number of rotatable bonds is 6. The number of carbonyl (C=O) groups is 1. The molecular formula is C32H25N3O7S2. The van der Waals surface area contributed by atoms with Crippen molar-refractivity contribution >= 4 is 48.5 Å². The van der Waals surface area contributed by atoms with Gasteiger partial charge in [0.15, 0.2) is 0 Å². The molecule has 0 radical (unpaired) electrons. The molecule has 1 aliphatic rings. The first-order chi connectivity index (χ1) is 21.1. The van der Waals surface area contributed by atoms with Gasteiger partial charge in [-0.2, -0.15) is 4.31 Å². The van der Waals surface area contributed by atoms with Gasteiger partial charge in [-0.3, -0.25) is 14.9 Å². The highest BCUT2D eigenvalue weighted by Gasteiger charge is 2.36. The lowest BCUT2D eigenvalue weighted by molar-refractivity contribution is -0.384. The van der Waals surface area contributed by atoms with Crippen LogP contribution in [-0.2, 0) is 26.5 Å². The highest BCUT2D eigenvalue weighted by atomic mass is 32.2. The molecule has 44 heavy (non-hydrogen) atoms. The number of nitro groups is 1. The molecule has 1 aliphatic heterocycles. The molecule has 0 aliphatic carbocycles. The average Bonchev–Trinajstić information content (AvgIpc) is 3.37. The molecule has 0 saturated carbocycles. The second kappa shape index (κ2) is 11.3. The van der Waals surface area contributed by atoms with Crippen LogP contribution in [0.15, 0.2) is 125 Å². The van der Waals surface area contributed by atoms with Crippen LogP contribution in [0.4, 0.5) is 5.69 Å². The molecule has 0 atom stereocenters. The highest BCUT2D eigenvalue weighted by Crippen LogP contribution is 2.35. The van der Waals surface area contributed by atoms with Gasteiger partial charge in [-0.25, -0.2) is 20.8 Å². The van der Waals surface area contributed by atoms with Crippen molar-refractivity contribution in [2.75, 3.05) is 13.1 Å². The Hall–Kier alpha value is -4.91. The van der Waals surface area contributed by atoms with Gasteiger partial charge in [0.05, 0.1) is 20.2 Å². The fourth-order valence-electron chi connectivity index (χ4n) is 5.39. The van der Waals surface area contributed by atoms with Gasteiger partial charge in [-0.1, -0.05) is 54.6 Å². The number of aromatic nitrogens is 1. The van der Waals surface area contributed by atoms with Crippen molar-refractivity contribution in [2.45, 2.75) is 16.2 Å². The number of sulfonamides is 1. The van der Waals surface area contributed by atoms with Crippen molar-refractivity contribution in [3.63, 3.8) is 0 Å². The van der Waals surface area contributed by atoms with Crippen LogP contribution < -0.4 is 0 Å². The summed E-state index contributed by atoms with van der Waals surface area (Å²) >= 11 is 0. The number of non-ortho nitro benzene ring substituents is 1. The summed E-state index contributed by atoms with van der Waals surface area (Å²) in [7, 11) is -8.32. The number of carbonyl (C=O) groups excluding carboxylic acids is 1. The Labute approximate surface area is 253 Å². The van der Waals surface area contributed by atoms with Gasteiger partial charge in [-0.05, 0) is 66.1 Å². The third kappa shape index (κ3) is 5.12. The molecule has 0 unspecified atom stereocenters. The van der Waals surface area contributed by atoms with Crippen molar-refractivity contribution in [1.29, 1.82) is 0 Å². The summed E-state index contributed by atoms with van der Waals surface area (Å²) in [5, 5.41) is 11.7. The van der Waals surface area contributed by atoms with E-state index in [1.165, 1.54) is 58.9 Å². The van der Waals surface area contributed by atoms with Crippen molar-refractivity contribution in [2.24, 2.45) is 0 Å². The van der Waals surface area contributed by atoms with Crippen LogP contribution in [0.3, 0.4) is 0 Å². The maximum absolute atomic E-state index is 14.6. The number of ketones is 1. The van der Waals surface area contributed by atoms with Gasteiger partial charge < -0.3 is 0 Å². The lowest BCUT2D eigenvalue weighted by atomic mass is 9.97. The first-order valence-electron chi connectivity index (χ1n) is 13.6. The molecule has 222 valence electrons. The summed E-state index contributed by atoms with van der Waals surface area (Å²) in [6.45, 7) is -0.381. The van der Waals surface area contributed by atoms with E-state index in [4.69, 9.17) is 0 Å². The average molecular weight is 628 g/mol. The van der Waals surface area contributed by atoms with E-state index in [0.29, 0.717) is 22.0 Å². The normalized spacial score (nSPS) is 15.5. The highest BCUT2D eigenvalue weighted by molar-refractivity contribution is 7.90. The number of fused-ring (bicyclic) bond motifs is 3. The Kier molecular flexibility index (Phi) is 7.49. The fourth-order valence-corrected chi connectivity index (χ4v) is 8.39. The van der Waals surface area contributed by atoms with Gasteiger partial charge in [0, 0.05) is 36.2 Å². The van der Waals surface area contributed by atoms with Gasteiger partial charge >= 0.3 is 0 Å². The number of hydrogen-bond donors (Lipinski definition) is 0. The third-order valence-corrected chi connectivity index (χ3v) is 11.1. The van der Waals surface area contributed by atoms with E-state index in [1.54, 1.807) is 60.7 Å². The zero-order chi connectivity index (χ0) is 31.1. The predicted molar refractivity (Wildman–Crippen MR) is 165 cm³/mol. The zero-order valence-corrected chi connectivity index (χ0v) is 24.7. The van der Waals surface area contributed by atoms with Gasteiger partial charge in [0.1, 0.15) is 5.69 Å². The van der Waals surface area contributed by atoms with E-state index < -0.39 is 30.8 Å². The maximum atomic E-state index is 14.6. The zero-order valence-electron chi connectivity index (χ0n) is 23.1. The molecule has 12 heteroatoms. The monoisotopic (exact) mass is 627 g/mol. The summed E-state index contributed by atoms with van der Waals surface area (Å²) < 4.78 is 58.1. The number of Topliss-reactive ketones (excluding diaryl/α,β-unsaturated/α-hetero) is 1. The molecule has 5 aromatic rings. The van der Waals surface area contributed by atoms with Crippen LogP contribution in [0.2, 0.25) is 0 Å². The van der Waals surface area contributed by atoms with E-state index in [9.17, 15) is 31.7 Å². The molecular weight excluding hydrogens is 603 g/mol. The second-order valence-corrected chi connectivity index (χ2v) is 13.9. The topological polar surface area (TPSA) is 137 Å². The Balaban J connectivity index is 1.60. The molecule has 2 heterocycles. The molecule has 0 bridgehead atoms. The molecule has 0 saturated heterocycles. The van der Waals surface area contributed by atoms with Crippen LogP contribution in [0.5, 0.6) is 0 Å². The van der Waals surface area contributed by atoms with Crippen LogP contribution in [0.25, 0.3) is 17.0 Å². The Morgan fingerprint density at radius 2 is 1.30 bits per heavy atom. The second-order valence-electron chi connectivity index (χ2n) is 10.2. The summed E-state index contributed by atoms with van der Waals surface area (Å²) in [4.78, 5) is 25.3. The van der Waals surface area contributed by atoms with E-state index >= 15 is 0 Å². The lowest BCUT2D eigenvalue weighted by Crippen LogP contribution is -2.38. The summed E-state index contributed by atoms with van der Waals surface area (Å²) in [5.41, 5.74) is 0.899. The van der Waals surface area contributed by atoms with E-state index in [1.807, 2.05) is 0 Å². The standard InChI is InChI=1S/C32H25N3O7S2/c36-32-24(21-23-15-17-25(18-16-23)35(37)38)22-33(43(39,40)26-9-3-1-4-10-26)20-19-29-28-13-7-8-14-30(28)34(31(29)32)44(41,42)27-11-5-2-6-12-27/h1-18,21H,19-20,22H2/b24-21+. The number of nitrogens with zero attached hydrogens (tertiary/aromatic N) is 3. The van der Waals surface area contributed by atoms with Crippen molar-refractivity contribution < 1.29 is 26.6 Å². The maximum Gasteiger partial charge on any atom is 0.269 e. The van der Waals surface area contributed by atoms with Crippen molar-refractivity contribution in [3.05, 3.63) is 142 Å². The number of hydrogen-bond acceptors (Lipinski definition) is 7. The molecule has 10 nitrogen and oxygen atoms in total. The molecule has 4 aromatic carbocycles. The quantitative estimate of drug-likeness (QED) is 0.142. The number of nitro benzene ring substituents is 1. The SMILES string of the molecule is O=C1/C(=C/c2ccc([N+](=O)[O-])cc2)CN(S(=O)(=O)c2ccccc2)CCc2c1n(S(=O)(=O)c1ccccc1)c1ccccc21. The summed E-state index contributed by atoms with van der Waals surface area (Å²) in [6, 6.07) is 27.8. The van der Waals surface area contributed by atoms with Gasteiger partial charge in [0.25, 0.3) is 15.7 Å². The summed E-state index contributed by atoms with van der Waals surface area (Å²) in [6.07, 6.45) is 1.53. The Morgan fingerprint density at radius 3 is 1.91 bits per heavy atom. The van der Waals surface area contributed by atoms with E-state index in [-0.39, 0.29) is 46.3 Å². The van der Waals surface area contributed by atoms with E-state index in [0.717, 1.165) is 3.97 Å². The van der Waals surface area contributed by atoms with Crippen LogP contribution in [0.1, 0.15) is 21.6 Å². The number of para-hydroxylation sites is 1. The van der Waals surface area contributed by atoms with Crippen molar-refractivity contribution in [3.8, 4) is 0 Å². The molecule has 0 N–H and O–H groups in total. The minimum atomic E-state index is -4.26. The minimum absolute atomic E-state index is 0.00614. The fraction of sp³-hybridized carbons (Fsp3) is 0.0938. The van der Waals surface area contributed by atoms with Gasteiger partial charge in [-0.15, -0.1) is 0 Å². The molecule has 6 rings (SSSR count). The largest absolute Gasteiger partial charge is 0.287 e. The molecule has 0 spiro atoms. The first-order valence-corrected chi connectivity index (χ1v) is 16.4. The predicted octanol–water partition coefficient (Wildman–Crippen LogP) is 5.30. The van der Waals surface area contributed by atoms with Crippen LogP contribution in [-0.4, -0.2) is 48.9 Å². The Morgan fingerprint density at radius 1 is 0.727 bits per heavy atom. The van der Waals surface area contributed by atoms with E-state index in [2.05, 4.69) is 0 Å². The molecule has 1 aromatic heterocycles. The lowest BCUT2D eigenvalue weighted by Gasteiger charge is -2.26. The Bertz CT molecular complexity index is 2160. The molecule has 0 fully saturated rings. The first kappa shape index (κ1) is 29.2. The number of benzene rings is 4. The van der Waals surface area contributed by atoms with Gasteiger partial charge in [0.2, 0.25) is 15.8 Å². The summed E-state index contributed by atoms with van der Waals surface area (Å²) in [5.74, 6) is -0.665. The van der Waals surface area contributed by atoms with Crippen LogP contribution in [0, 0.1) is 10.1 Å². The third-order valence-electron chi connectivity index (χ3n) is 7.51. The smallest absolute Gasteiger partial charge is 0.269 e.